The lowest BCUT2D eigenvalue weighted by atomic mass is 9.94. The molecule has 176 valence electrons. The number of likely N-dealkylation sites (N-methyl/N-ethyl adjacent to an activating group) is 1. The number of amides is 2. The summed E-state index contributed by atoms with van der Waals surface area (Å²) < 4.78 is 22.2. The molecule has 3 rings (SSSR count). The summed E-state index contributed by atoms with van der Waals surface area (Å²) in [4.78, 5) is 27.4. The van der Waals surface area contributed by atoms with Gasteiger partial charge in [0.15, 0.2) is 0 Å². The largest absolute Gasteiger partial charge is 0.497 e. The molecule has 2 aromatic carbocycles. The van der Waals surface area contributed by atoms with E-state index < -0.39 is 12.0 Å². The summed E-state index contributed by atoms with van der Waals surface area (Å²) in [6.07, 6.45) is 0. The van der Waals surface area contributed by atoms with Crippen LogP contribution in [-0.2, 0) is 9.53 Å². The van der Waals surface area contributed by atoms with E-state index in [2.05, 4.69) is 5.32 Å². The Labute approximate surface area is 194 Å². The minimum atomic E-state index is -0.769. The molecular formula is C25H30N2O6. The second-order valence-corrected chi connectivity index (χ2v) is 7.66. The van der Waals surface area contributed by atoms with Crippen LogP contribution in [0.1, 0.15) is 29.7 Å². The number of hydrogen-bond donors (Lipinski definition) is 1. The summed E-state index contributed by atoms with van der Waals surface area (Å²) in [7, 11) is 4.67. The molecule has 0 saturated heterocycles. The lowest BCUT2D eigenvalue weighted by Crippen LogP contribution is -2.48. The Morgan fingerprint density at radius 1 is 1.09 bits per heavy atom. The number of methoxy groups -OCH3 is 2. The average molecular weight is 455 g/mol. The van der Waals surface area contributed by atoms with Crippen molar-refractivity contribution in [2.75, 3.05) is 34.5 Å². The lowest BCUT2D eigenvalue weighted by molar-refractivity contribution is -0.139. The first-order valence-electron chi connectivity index (χ1n) is 10.7. The van der Waals surface area contributed by atoms with Crippen LogP contribution in [0.3, 0.4) is 0 Å². The van der Waals surface area contributed by atoms with E-state index in [1.165, 1.54) is 19.1 Å². The third-order valence-electron chi connectivity index (χ3n) is 5.70. The fourth-order valence-electron chi connectivity index (χ4n) is 3.65. The SMILES string of the molecule is CCOC(=O)C1=C(COc2cccc(C)c2C)N(C)C(=O)NC1c1cc(OC)cc(OC)c1. The van der Waals surface area contributed by atoms with Gasteiger partial charge in [0, 0.05) is 13.1 Å². The lowest BCUT2D eigenvalue weighted by Gasteiger charge is -2.34. The second kappa shape index (κ2) is 10.3. The monoisotopic (exact) mass is 454 g/mol. The molecular weight excluding hydrogens is 424 g/mol. The summed E-state index contributed by atoms with van der Waals surface area (Å²) in [5, 5.41) is 2.88. The first kappa shape index (κ1) is 24.0. The highest BCUT2D eigenvalue weighted by molar-refractivity contribution is 5.95. The Hall–Kier alpha value is -3.68. The highest BCUT2D eigenvalue weighted by atomic mass is 16.5. The van der Waals surface area contributed by atoms with E-state index in [0.717, 1.165) is 11.1 Å². The highest BCUT2D eigenvalue weighted by Gasteiger charge is 2.37. The molecule has 1 aliphatic heterocycles. The summed E-state index contributed by atoms with van der Waals surface area (Å²) in [5.41, 5.74) is 3.42. The van der Waals surface area contributed by atoms with Crippen molar-refractivity contribution < 1.29 is 28.5 Å². The van der Waals surface area contributed by atoms with Gasteiger partial charge in [-0.25, -0.2) is 9.59 Å². The molecule has 0 aliphatic carbocycles. The van der Waals surface area contributed by atoms with Crippen LogP contribution in [0.25, 0.3) is 0 Å². The van der Waals surface area contributed by atoms with Gasteiger partial charge in [0.05, 0.1) is 38.1 Å². The number of esters is 1. The number of carbonyl (C=O) groups excluding carboxylic acids is 2. The molecule has 0 fully saturated rings. The zero-order valence-electron chi connectivity index (χ0n) is 19.9. The van der Waals surface area contributed by atoms with Gasteiger partial charge in [0.1, 0.15) is 23.9 Å². The molecule has 0 spiro atoms. The topological polar surface area (TPSA) is 86.3 Å². The second-order valence-electron chi connectivity index (χ2n) is 7.66. The van der Waals surface area contributed by atoms with E-state index in [9.17, 15) is 9.59 Å². The quantitative estimate of drug-likeness (QED) is 0.609. The normalized spacial score (nSPS) is 15.8. The van der Waals surface area contributed by atoms with Gasteiger partial charge in [-0.05, 0) is 55.7 Å². The summed E-state index contributed by atoms with van der Waals surface area (Å²) >= 11 is 0. The van der Waals surface area contributed by atoms with Crippen LogP contribution < -0.4 is 19.5 Å². The van der Waals surface area contributed by atoms with Crippen LogP contribution >= 0.6 is 0 Å². The van der Waals surface area contributed by atoms with Gasteiger partial charge in [-0.1, -0.05) is 12.1 Å². The predicted octanol–water partition coefficient (Wildman–Crippen LogP) is 3.91. The van der Waals surface area contributed by atoms with Crippen molar-refractivity contribution in [2.24, 2.45) is 0 Å². The van der Waals surface area contributed by atoms with E-state index in [1.54, 1.807) is 32.2 Å². The van der Waals surface area contributed by atoms with Gasteiger partial charge in [-0.3, -0.25) is 4.90 Å². The van der Waals surface area contributed by atoms with Crippen molar-refractivity contribution in [1.82, 2.24) is 10.2 Å². The zero-order chi connectivity index (χ0) is 24.1. The van der Waals surface area contributed by atoms with Crippen molar-refractivity contribution in [3.05, 3.63) is 64.4 Å². The van der Waals surface area contributed by atoms with Crippen LogP contribution in [0.4, 0.5) is 4.79 Å². The molecule has 1 aliphatic rings. The number of nitrogens with one attached hydrogen (secondary N) is 1. The van der Waals surface area contributed by atoms with Gasteiger partial charge in [0.25, 0.3) is 0 Å². The number of carbonyl (C=O) groups is 2. The maximum atomic E-state index is 13.1. The fraction of sp³-hybridized carbons (Fsp3) is 0.360. The minimum absolute atomic E-state index is 0.0139. The molecule has 0 aromatic heterocycles. The average Bonchev–Trinajstić information content (AvgIpc) is 2.81. The molecule has 1 atom stereocenters. The molecule has 33 heavy (non-hydrogen) atoms. The Morgan fingerprint density at radius 2 is 1.76 bits per heavy atom. The highest BCUT2D eigenvalue weighted by Crippen LogP contribution is 2.35. The first-order valence-corrected chi connectivity index (χ1v) is 10.7. The van der Waals surface area contributed by atoms with Crippen LogP contribution in [0.2, 0.25) is 0 Å². The van der Waals surface area contributed by atoms with E-state index in [0.29, 0.717) is 34.1 Å². The van der Waals surface area contributed by atoms with Crippen LogP contribution in [0.15, 0.2) is 47.7 Å². The van der Waals surface area contributed by atoms with Crippen molar-refractivity contribution in [3.8, 4) is 17.2 Å². The smallest absolute Gasteiger partial charge is 0.338 e. The van der Waals surface area contributed by atoms with Crippen LogP contribution in [0, 0.1) is 13.8 Å². The maximum Gasteiger partial charge on any atom is 0.338 e. The molecule has 8 heteroatoms. The number of rotatable bonds is 8. The third-order valence-corrected chi connectivity index (χ3v) is 5.70. The van der Waals surface area contributed by atoms with Crippen molar-refractivity contribution in [1.29, 1.82) is 0 Å². The molecule has 1 N–H and O–H groups in total. The van der Waals surface area contributed by atoms with Crippen LogP contribution in [0.5, 0.6) is 17.2 Å². The van der Waals surface area contributed by atoms with Gasteiger partial charge in [-0.2, -0.15) is 0 Å². The Bertz CT molecular complexity index is 1060. The van der Waals surface area contributed by atoms with Gasteiger partial charge < -0.3 is 24.3 Å². The van der Waals surface area contributed by atoms with E-state index >= 15 is 0 Å². The predicted molar refractivity (Wildman–Crippen MR) is 124 cm³/mol. The Kier molecular flexibility index (Phi) is 7.48. The Morgan fingerprint density at radius 3 is 2.36 bits per heavy atom. The molecule has 2 amide bonds. The number of ether oxygens (including phenoxy) is 4. The molecule has 1 unspecified atom stereocenters. The summed E-state index contributed by atoms with van der Waals surface area (Å²) in [5.74, 6) is 1.23. The number of nitrogens with zero attached hydrogens (tertiary/aromatic N) is 1. The number of benzene rings is 2. The fourth-order valence-corrected chi connectivity index (χ4v) is 3.65. The van der Waals surface area contributed by atoms with Crippen molar-refractivity contribution >= 4 is 12.0 Å². The van der Waals surface area contributed by atoms with E-state index in [1.807, 2.05) is 32.0 Å². The van der Waals surface area contributed by atoms with E-state index in [4.69, 9.17) is 18.9 Å². The standard InChI is InChI=1S/C25H30N2O6/c1-7-32-24(28)22-20(14-33-21-10-8-9-15(2)16(21)3)27(4)25(29)26-23(22)17-11-18(30-5)13-19(12-17)31-6/h8-13,23H,7,14H2,1-6H3,(H,26,29). The molecule has 0 radical (unpaired) electrons. The Balaban J connectivity index is 2.11. The molecule has 8 nitrogen and oxygen atoms in total. The van der Waals surface area contributed by atoms with E-state index in [-0.39, 0.29) is 19.2 Å². The van der Waals surface area contributed by atoms with Crippen molar-refractivity contribution in [2.45, 2.75) is 26.8 Å². The number of hydrogen-bond acceptors (Lipinski definition) is 6. The number of urea groups is 1. The van der Waals surface area contributed by atoms with Crippen molar-refractivity contribution in [3.63, 3.8) is 0 Å². The number of aryl methyl sites for hydroxylation is 1. The van der Waals surface area contributed by atoms with Gasteiger partial charge in [0.2, 0.25) is 0 Å². The van der Waals surface area contributed by atoms with Gasteiger partial charge in [-0.15, -0.1) is 0 Å². The minimum Gasteiger partial charge on any atom is -0.497 e. The summed E-state index contributed by atoms with van der Waals surface area (Å²) in [6.45, 7) is 5.91. The first-order chi connectivity index (χ1) is 15.8. The zero-order valence-corrected chi connectivity index (χ0v) is 19.9. The molecule has 2 aromatic rings. The third kappa shape index (κ3) is 5.05. The molecule has 1 heterocycles. The molecule has 0 bridgehead atoms. The maximum absolute atomic E-state index is 13.1. The molecule has 0 saturated carbocycles. The summed E-state index contributed by atoms with van der Waals surface area (Å²) in [6, 6.07) is 9.85. The van der Waals surface area contributed by atoms with Crippen LogP contribution in [-0.4, -0.2) is 51.4 Å². The van der Waals surface area contributed by atoms with Gasteiger partial charge >= 0.3 is 12.0 Å².